The van der Waals surface area contributed by atoms with Crippen molar-refractivity contribution in [3.05, 3.63) is 69.1 Å². The number of amides is 2. The largest absolute Gasteiger partial charge is 0.491 e. The molecule has 0 bridgehead atoms. The van der Waals surface area contributed by atoms with Crippen LogP contribution in [0.25, 0.3) is 6.08 Å². The van der Waals surface area contributed by atoms with Crippen molar-refractivity contribution in [2.45, 2.75) is 72.8 Å². The maximum Gasteiger partial charge on any atom is 0.290 e. The summed E-state index contributed by atoms with van der Waals surface area (Å²) in [6, 6.07) is 12.7. The molecule has 188 valence electrons. The van der Waals surface area contributed by atoms with Gasteiger partial charge in [0.15, 0.2) is 0 Å². The van der Waals surface area contributed by atoms with Gasteiger partial charge in [-0.25, -0.2) is 0 Å². The fraction of sp³-hybridized carbons (Fsp3) is 0.448. The molecule has 1 unspecified atom stereocenters. The number of ether oxygens (including phenoxy) is 1. The molecule has 0 saturated carbocycles. The number of aliphatic hydroxyl groups excluding tert-OH is 1. The van der Waals surface area contributed by atoms with Crippen LogP contribution in [0.15, 0.2) is 41.3 Å². The predicted molar refractivity (Wildman–Crippen MR) is 144 cm³/mol. The molecule has 2 aromatic carbocycles. The van der Waals surface area contributed by atoms with E-state index in [2.05, 4.69) is 43.4 Å². The van der Waals surface area contributed by atoms with E-state index in [0.29, 0.717) is 4.91 Å². The molecular formula is C29H37NO4S. The minimum atomic E-state index is -0.546. The molecule has 0 aliphatic carbocycles. The molecule has 1 aliphatic heterocycles. The molecule has 0 radical (unpaired) electrons. The minimum absolute atomic E-state index is 0.167. The van der Waals surface area contributed by atoms with Crippen molar-refractivity contribution >= 4 is 29.0 Å². The van der Waals surface area contributed by atoms with Crippen LogP contribution in [0.1, 0.15) is 75.3 Å². The van der Waals surface area contributed by atoms with Crippen molar-refractivity contribution < 1.29 is 19.4 Å². The number of aliphatic hydroxyl groups is 1. The molecule has 2 amide bonds. The van der Waals surface area contributed by atoms with E-state index in [1.807, 2.05) is 46.8 Å². The molecule has 1 saturated heterocycles. The Labute approximate surface area is 213 Å². The summed E-state index contributed by atoms with van der Waals surface area (Å²) < 4.78 is 5.97. The Bertz CT molecular complexity index is 1140. The van der Waals surface area contributed by atoms with Crippen LogP contribution >= 0.6 is 11.8 Å². The second kappa shape index (κ2) is 10.6. The fourth-order valence-electron chi connectivity index (χ4n) is 4.46. The molecule has 1 atom stereocenters. The van der Waals surface area contributed by atoms with E-state index in [0.717, 1.165) is 47.0 Å². The van der Waals surface area contributed by atoms with Gasteiger partial charge < -0.3 is 9.84 Å². The zero-order valence-electron chi connectivity index (χ0n) is 21.8. The molecule has 35 heavy (non-hydrogen) atoms. The summed E-state index contributed by atoms with van der Waals surface area (Å²) in [6.07, 6.45) is 3.10. The Morgan fingerprint density at radius 1 is 1.00 bits per heavy atom. The molecule has 0 aromatic heterocycles. The maximum absolute atomic E-state index is 12.0. The third kappa shape index (κ3) is 5.81. The van der Waals surface area contributed by atoms with E-state index in [4.69, 9.17) is 4.74 Å². The first kappa shape index (κ1) is 27.0. The Morgan fingerprint density at radius 3 is 2.09 bits per heavy atom. The lowest BCUT2D eigenvalue weighted by atomic mass is 9.70. The fourth-order valence-corrected chi connectivity index (χ4v) is 5.13. The van der Waals surface area contributed by atoms with E-state index in [-0.39, 0.29) is 28.6 Å². The number of carbonyl (C=O) groups is 2. The number of imide groups is 1. The molecular weight excluding hydrogens is 458 g/mol. The van der Waals surface area contributed by atoms with Gasteiger partial charge in [-0.05, 0) is 83.8 Å². The zero-order valence-corrected chi connectivity index (χ0v) is 22.6. The van der Waals surface area contributed by atoms with Crippen LogP contribution in [-0.4, -0.2) is 29.0 Å². The average Bonchev–Trinajstić information content (AvgIpc) is 3.11. The molecule has 2 aromatic rings. The van der Waals surface area contributed by atoms with Crippen LogP contribution in [0.5, 0.6) is 5.75 Å². The van der Waals surface area contributed by atoms with Gasteiger partial charge in [0.25, 0.3) is 11.1 Å². The Kier molecular flexibility index (Phi) is 8.17. The van der Waals surface area contributed by atoms with Gasteiger partial charge in [0.05, 0.1) is 11.0 Å². The van der Waals surface area contributed by atoms with Crippen LogP contribution in [-0.2, 0) is 10.2 Å². The monoisotopic (exact) mass is 495 g/mol. The van der Waals surface area contributed by atoms with Gasteiger partial charge >= 0.3 is 0 Å². The number of thioether (sulfide) groups is 1. The van der Waals surface area contributed by atoms with Gasteiger partial charge in [-0.2, -0.15) is 0 Å². The van der Waals surface area contributed by atoms with E-state index < -0.39 is 6.10 Å². The lowest BCUT2D eigenvalue weighted by molar-refractivity contribution is -0.115. The van der Waals surface area contributed by atoms with E-state index in [9.17, 15) is 14.7 Å². The third-order valence-corrected chi connectivity index (χ3v) is 7.89. The highest BCUT2D eigenvalue weighted by Gasteiger charge is 2.32. The van der Waals surface area contributed by atoms with Gasteiger partial charge in [-0.1, -0.05) is 65.0 Å². The summed E-state index contributed by atoms with van der Waals surface area (Å²) in [5.41, 5.74) is 5.08. The van der Waals surface area contributed by atoms with Crippen LogP contribution in [0.3, 0.4) is 0 Å². The van der Waals surface area contributed by atoms with Gasteiger partial charge in [-0.15, -0.1) is 0 Å². The number of rotatable bonds is 8. The number of nitrogens with one attached hydrogen (secondary N) is 1. The molecule has 3 rings (SSSR count). The first-order valence-corrected chi connectivity index (χ1v) is 13.0. The van der Waals surface area contributed by atoms with Gasteiger partial charge in [-0.3, -0.25) is 14.9 Å². The summed E-state index contributed by atoms with van der Waals surface area (Å²) in [6.45, 7) is 14.8. The third-order valence-electron chi connectivity index (χ3n) is 7.08. The van der Waals surface area contributed by atoms with E-state index in [1.165, 1.54) is 11.1 Å². The maximum atomic E-state index is 12.0. The van der Waals surface area contributed by atoms with Crippen molar-refractivity contribution in [2.75, 3.05) is 6.61 Å². The average molecular weight is 496 g/mol. The van der Waals surface area contributed by atoms with Gasteiger partial charge in [0.2, 0.25) is 0 Å². The Morgan fingerprint density at radius 2 is 1.60 bits per heavy atom. The Hall–Kier alpha value is -2.57. The number of aryl methyl sites for hydroxylation is 2. The molecule has 1 fully saturated rings. The second-order valence-corrected chi connectivity index (χ2v) is 11.4. The predicted octanol–water partition coefficient (Wildman–Crippen LogP) is 6.52. The lowest BCUT2D eigenvalue weighted by Crippen LogP contribution is -2.32. The number of hydrogen-bond acceptors (Lipinski definition) is 5. The highest BCUT2D eigenvalue weighted by atomic mass is 32.2. The minimum Gasteiger partial charge on any atom is -0.491 e. The topological polar surface area (TPSA) is 75.6 Å². The first-order valence-electron chi connectivity index (χ1n) is 12.2. The van der Waals surface area contributed by atoms with Crippen LogP contribution in [0.4, 0.5) is 4.79 Å². The van der Waals surface area contributed by atoms with Crippen LogP contribution in [0, 0.1) is 19.3 Å². The summed E-state index contributed by atoms with van der Waals surface area (Å²) in [5.74, 6) is 0.450. The molecule has 2 N–H and O–H groups in total. The number of carbonyl (C=O) groups excluding carboxylic acids is 2. The van der Waals surface area contributed by atoms with Crippen LogP contribution in [0.2, 0.25) is 0 Å². The van der Waals surface area contributed by atoms with Crippen molar-refractivity contribution in [3.63, 3.8) is 0 Å². The van der Waals surface area contributed by atoms with Crippen molar-refractivity contribution in [1.29, 1.82) is 0 Å². The normalized spacial score (nSPS) is 16.5. The molecule has 0 spiro atoms. The highest BCUT2D eigenvalue weighted by molar-refractivity contribution is 8.18. The van der Waals surface area contributed by atoms with Crippen molar-refractivity contribution in [1.82, 2.24) is 5.32 Å². The number of benzene rings is 2. The summed E-state index contributed by atoms with van der Waals surface area (Å²) in [5, 5.41) is 12.3. The summed E-state index contributed by atoms with van der Waals surface area (Å²) in [4.78, 5) is 23.9. The molecule has 1 aliphatic rings. The zero-order chi connectivity index (χ0) is 26.0. The highest BCUT2D eigenvalue weighted by Crippen LogP contribution is 2.41. The van der Waals surface area contributed by atoms with Gasteiger partial charge in [0.1, 0.15) is 12.4 Å². The summed E-state index contributed by atoms with van der Waals surface area (Å²) >= 11 is 0.937. The second-order valence-electron chi connectivity index (χ2n) is 10.4. The van der Waals surface area contributed by atoms with Crippen molar-refractivity contribution in [2.24, 2.45) is 5.41 Å². The smallest absolute Gasteiger partial charge is 0.290 e. The lowest BCUT2D eigenvalue weighted by Gasteiger charge is -2.34. The quantitative estimate of drug-likeness (QED) is 0.408. The SMILES string of the molecule is CCC(CC)(c1ccc(/C=C2\SC(=O)NC2=O)c(C)c1)c1ccc(OCC(O)C(C)(C)C)c(C)c1. The van der Waals surface area contributed by atoms with Gasteiger partial charge in [0, 0.05) is 5.41 Å². The molecule has 1 heterocycles. The number of hydrogen-bond donors (Lipinski definition) is 2. The molecule has 5 nitrogen and oxygen atoms in total. The molecule has 6 heteroatoms. The van der Waals surface area contributed by atoms with Crippen LogP contribution < -0.4 is 10.1 Å². The standard InChI is InChI=1S/C29H37NO4S/c1-8-29(9-2,22-12-13-23(19(4)15-22)34-17-25(31)28(5,6)7)21-11-10-20(18(3)14-21)16-24-26(32)30-27(33)35-24/h10-16,25,31H,8-9,17H2,1-7H3,(H,30,32,33)/b24-16-. The van der Waals surface area contributed by atoms with E-state index in [1.54, 1.807) is 6.08 Å². The van der Waals surface area contributed by atoms with Crippen molar-refractivity contribution in [3.8, 4) is 5.75 Å². The first-order chi connectivity index (χ1) is 16.4. The van der Waals surface area contributed by atoms with E-state index >= 15 is 0 Å². The summed E-state index contributed by atoms with van der Waals surface area (Å²) in [7, 11) is 0. The Balaban J connectivity index is 1.91.